The van der Waals surface area contributed by atoms with Gasteiger partial charge in [0.2, 0.25) is 0 Å². The Balaban J connectivity index is 2.17. The first-order chi connectivity index (χ1) is 8.03. The Morgan fingerprint density at radius 1 is 1.29 bits per heavy atom. The smallest absolute Gasteiger partial charge is 0.431 e. The molecule has 1 heterocycles. The van der Waals surface area contributed by atoms with Crippen LogP contribution < -0.4 is 8.92 Å². The maximum absolute atomic E-state index is 12.3. The minimum Gasteiger partial charge on any atom is -0.431 e. The third kappa shape index (κ3) is 3.68. The molecule has 2 aromatic rings. The highest BCUT2D eigenvalue weighted by Crippen LogP contribution is 2.27. The van der Waals surface area contributed by atoms with Crippen molar-refractivity contribution < 1.29 is 21.2 Å². The number of hydrogen-bond acceptors (Lipinski definition) is 6. The van der Waals surface area contributed by atoms with Gasteiger partial charge in [-0.1, -0.05) is 21.3 Å². The lowest BCUT2D eigenvalue weighted by Gasteiger charge is -2.03. The molecule has 0 N–H and O–H groups in total. The molecule has 0 amide bonds. The van der Waals surface area contributed by atoms with Crippen molar-refractivity contribution in [1.29, 1.82) is 0 Å². The zero-order valence-electron chi connectivity index (χ0n) is 8.24. The molecular weight excluding hydrogens is 269 g/mol. The highest BCUT2D eigenvalue weighted by molar-refractivity contribution is 7.81. The zero-order chi connectivity index (χ0) is 12.3. The zero-order valence-corrected chi connectivity index (χ0v) is 9.87. The van der Waals surface area contributed by atoms with E-state index in [4.69, 9.17) is 4.74 Å². The van der Waals surface area contributed by atoms with E-state index in [2.05, 4.69) is 9.17 Å². The van der Waals surface area contributed by atoms with E-state index in [-0.39, 0.29) is 5.75 Å². The van der Waals surface area contributed by atoms with E-state index in [1.807, 2.05) is 0 Å². The first-order valence-corrected chi connectivity index (χ1v) is 6.53. The third-order valence-electron chi connectivity index (χ3n) is 1.62. The fourth-order valence-electron chi connectivity index (χ4n) is 1.07. The fraction of sp³-hybridized carbons (Fsp3) is 0. The number of aromatic nitrogens is 1. The van der Waals surface area contributed by atoms with Crippen LogP contribution in [0.3, 0.4) is 0 Å². The van der Waals surface area contributed by atoms with Crippen molar-refractivity contribution in [1.82, 2.24) is 4.98 Å². The molecule has 0 bridgehead atoms. The normalized spacial score (nSPS) is 11.1. The lowest BCUT2D eigenvalue weighted by atomic mass is 10.3. The molecule has 0 unspecified atom stereocenters. The minimum atomic E-state index is -5.02. The lowest BCUT2D eigenvalue weighted by molar-refractivity contribution is 0.436. The molecule has 0 spiro atoms. The molecule has 90 valence electrons. The SMILES string of the molecule is O=S(=O)(F)Oc1cccc(Oc2nccs2)c1. The summed E-state index contributed by atoms with van der Waals surface area (Å²) < 4.78 is 42.2. The van der Waals surface area contributed by atoms with Gasteiger partial charge in [0.1, 0.15) is 11.5 Å². The molecular formula is C9H6FNO4S2. The molecule has 0 saturated heterocycles. The molecule has 0 aliphatic carbocycles. The third-order valence-corrected chi connectivity index (χ3v) is 2.66. The summed E-state index contributed by atoms with van der Waals surface area (Å²) in [6, 6.07) is 5.59. The highest BCUT2D eigenvalue weighted by atomic mass is 32.3. The Morgan fingerprint density at radius 3 is 2.71 bits per heavy atom. The van der Waals surface area contributed by atoms with Crippen LogP contribution in [-0.4, -0.2) is 13.4 Å². The molecule has 2 rings (SSSR count). The second kappa shape index (κ2) is 4.68. The topological polar surface area (TPSA) is 65.5 Å². The lowest BCUT2D eigenvalue weighted by Crippen LogP contribution is -2.00. The molecule has 1 aromatic carbocycles. The van der Waals surface area contributed by atoms with Crippen LogP contribution >= 0.6 is 11.3 Å². The Hall–Kier alpha value is -1.67. The fourth-order valence-corrected chi connectivity index (χ4v) is 1.90. The average Bonchev–Trinajstić information content (AvgIpc) is 2.68. The molecule has 1 aromatic heterocycles. The van der Waals surface area contributed by atoms with Crippen molar-refractivity contribution in [2.24, 2.45) is 0 Å². The van der Waals surface area contributed by atoms with E-state index >= 15 is 0 Å². The van der Waals surface area contributed by atoms with Gasteiger partial charge < -0.3 is 8.92 Å². The summed E-state index contributed by atoms with van der Waals surface area (Å²) in [4.78, 5) is 3.88. The molecule has 0 aliphatic heterocycles. The number of thiazole rings is 1. The van der Waals surface area contributed by atoms with E-state index < -0.39 is 10.5 Å². The van der Waals surface area contributed by atoms with Gasteiger partial charge in [-0.2, -0.15) is 8.42 Å². The van der Waals surface area contributed by atoms with Crippen LogP contribution in [0.25, 0.3) is 0 Å². The molecule has 8 heteroatoms. The first kappa shape index (κ1) is 11.8. The Kier molecular flexibility index (Phi) is 3.25. The predicted molar refractivity (Wildman–Crippen MR) is 59.3 cm³/mol. The van der Waals surface area contributed by atoms with Crippen molar-refractivity contribution in [3.63, 3.8) is 0 Å². The van der Waals surface area contributed by atoms with Gasteiger partial charge in [0.05, 0.1) is 0 Å². The second-order valence-corrected chi connectivity index (χ2v) is 4.66. The monoisotopic (exact) mass is 275 g/mol. The standard InChI is InChI=1S/C9H6FNO4S2/c10-17(12,13)15-8-3-1-2-7(6-8)14-9-11-4-5-16-9/h1-6H. The molecule has 5 nitrogen and oxygen atoms in total. The Bertz CT molecular complexity index is 597. The largest absolute Gasteiger partial charge is 0.488 e. The van der Waals surface area contributed by atoms with E-state index in [0.29, 0.717) is 10.9 Å². The van der Waals surface area contributed by atoms with Crippen molar-refractivity contribution in [3.8, 4) is 16.7 Å². The summed E-state index contributed by atoms with van der Waals surface area (Å²) in [6.07, 6.45) is 1.56. The average molecular weight is 275 g/mol. The van der Waals surface area contributed by atoms with E-state index in [0.717, 1.165) is 0 Å². The first-order valence-electron chi connectivity index (χ1n) is 4.34. The number of benzene rings is 1. The predicted octanol–water partition coefficient (Wildman–Crippen LogP) is 2.53. The summed E-state index contributed by atoms with van der Waals surface area (Å²) in [5.74, 6) is 0.141. The summed E-state index contributed by atoms with van der Waals surface area (Å²) >= 11 is 1.27. The number of ether oxygens (including phenoxy) is 1. The second-order valence-electron chi connectivity index (χ2n) is 2.85. The molecule has 0 radical (unpaired) electrons. The van der Waals surface area contributed by atoms with Crippen molar-refractivity contribution >= 4 is 21.8 Å². The van der Waals surface area contributed by atoms with Crippen molar-refractivity contribution in [3.05, 3.63) is 35.8 Å². The summed E-state index contributed by atoms with van der Waals surface area (Å²) in [6.45, 7) is 0. The van der Waals surface area contributed by atoms with Gasteiger partial charge in [-0.15, -0.1) is 0 Å². The highest BCUT2D eigenvalue weighted by Gasteiger charge is 2.10. The van der Waals surface area contributed by atoms with E-state index in [1.54, 1.807) is 17.6 Å². The summed E-state index contributed by atoms with van der Waals surface area (Å²) in [7, 11) is -5.02. The number of rotatable bonds is 4. The van der Waals surface area contributed by atoms with Crippen molar-refractivity contribution in [2.75, 3.05) is 0 Å². The number of nitrogens with zero attached hydrogens (tertiary/aromatic N) is 1. The van der Waals surface area contributed by atoms with Gasteiger partial charge in [0, 0.05) is 17.6 Å². The van der Waals surface area contributed by atoms with Crippen LogP contribution in [-0.2, 0) is 10.5 Å². The summed E-state index contributed by atoms with van der Waals surface area (Å²) in [5.41, 5.74) is 0. The molecule has 0 atom stereocenters. The summed E-state index contributed by atoms with van der Waals surface area (Å²) in [5, 5.41) is 2.12. The van der Waals surface area contributed by atoms with Crippen LogP contribution in [0.15, 0.2) is 35.8 Å². The van der Waals surface area contributed by atoms with Crippen LogP contribution in [0.4, 0.5) is 3.89 Å². The molecule has 17 heavy (non-hydrogen) atoms. The van der Waals surface area contributed by atoms with Crippen LogP contribution in [0.5, 0.6) is 16.7 Å². The van der Waals surface area contributed by atoms with Gasteiger partial charge in [0.25, 0.3) is 5.19 Å². The van der Waals surface area contributed by atoms with E-state index in [1.165, 1.54) is 29.5 Å². The molecule has 0 aliphatic rings. The van der Waals surface area contributed by atoms with Crippen molar-refractivity contribution in [2.45, 2.75) is 0 Å². The van der Waals surface area contributed by atoms with Gasteiger partial charge >= 0.3 is 10.5 Å². The van der Waals surface area contributed by atoms with Gasteiger partial charge in [-0.05, 0) is 12.1 Å². The van der Waals surface area contributed by atoms with Crippen LogP contribution in [0.2, 0.25) is 0 Å². The van der Waals surface area contributed by atoms with Gasteiger partial charge in [-0.25, -0.2) is 4.98 Å². The number of hydrogen-bond donors (Lipinski definition) is 0. The number of halogens is 1. The van der Waals surface area contributed by atoms with Gasteiger partial charge in [0.15, 0.2) is 0 Å². The molecule has 0 fully saturated rings. The maximum atomic E-state index is 12.3. The minimum absolute atomic E-state index is 0.165. The van der Waals surface area contributed by atoms with Crippen LogP contribution in [0, 0.1) is 0 Å². The Morgan fingerprint density at radius 2 is 2.06 bits per heavy atom. The Labute approximate surface area is 101 Å². The van der Waals surface area contributed by atoms with Crippen LogP contribution in [0.1, 0.15) is 0 Å². The van der Waals surface area contributed by atoms with E-state index in [9.17, 15) is 12.3 Å². The van der Waals surface area contributed by atoms with Gasteiger partial charge in [-0.3, -0.25) is 0 Å². The quantitative estimate of drug-likeness (QED) is 0.802. The molecule has 0 saturated carbocycles. The maximum Gasteiger partial charge on any atom is 0.488 e.